The predicted octanol–water partition coefficient (Wildman–Crippen LogP) is 3.93. The van der Waals surface area contributed by atoms with Gasteiger partial charge in [0.05, 0.1) is 10.6 Å². The molecular weight excluding hydrogens is 300 g/mol. The summed E-state index contributed by atoms with van der Waals surface area (Å²) >= 11 is 0. The number of benzene rings is 1. The number of aromatic nitrogens is 1. The molecule has 0 fully saturated rings. The van der Waals surface area contributed by atoms with Crippen LogP contribution in [0.4, 0.5) is 5.69 Å². The number of esters is 1. The van der Waals surface area contributed by atoms with Crippen LogP contribution in [0.1, 0.15) is 60.2 Å². The Labute approximate surface area is 133 Å². The summed E-state index contributed by atoms with van der Waals surface area (Å²) in [7, 11) is 0. The SMILES string of the molecule is Cc1noc(C(C)C)c1C(=O)O[C@@H](C)c1cccc([N+](=O)[O-])c1. The number of hydrogen-bond donors (Lipinski definition) is 0. The first-order valence-corrected chi connectivity index (χ1v) is 7.22. The molecule has 0 spiro atoms. The lowest BCUT2D eigenvalue weighted by Gasteiger charge is -2.14. The summed E-state index contributed by atoms with van der Waals surface area (Å²) in [6.07, 6.45) is -0.628. The van der Waals surface area contributed by atoms with Gasteiger partial charge < -0.3 is 9.26 Å². The highest BCUT2D eigenvalue weighted by atomic mass is 16.6. The van der Waals surface area contributed by atoms with E-state index in [4.69, 9.17) is 9.26 Å². The Bertz CT molecular complexity index is 736. The van der Waals surface area contributed by atoms with Crippen molar-refractivity contribution in [2.24, 2.45) is 0 Å². The molecule has 2 aromatic rings. The molecule has 7 heteroatoms. The zero-order chi connectivity index (χ0) is 17.1. The number of hydrogen-bond acceptors (Lipinski definition) is 6. The third kappa shape index (κ3) is 3.56. The van der Waals surface area contributed by atoms with Crippen molar-refractivity contribution in [3.63, 3.8) is 0 Å². The van der Waals surface area contributed by atoms with Gasteiger partial charge >= 0.3 is 5.97 Å². The van der Waals surface area contributed by atoms with E-state index < -0.39 is 17.0 Å². The molecule has 1 aromatic heterocycles. The smallest absolute Gasteiger partial charge is 0.344 e. The average Bonchev–Trinajstić information content (AvgIpc) is 2.89. The number of nitrogens with zero attached hydrogens (tertiary/aromatic N) is 2. The van der Waals surface area contributed by atoms with E-state index in [2.05, 4.69) is 5.16 Å². The number of carbonyl (C=O) groups excluding carboxylic acids is 1. The van der Waals surface area contributed by atoms with Crippen molar-refractivity contribution < 1.29 is 19.0 Å². The van der Waals surface area contributed by atoms with Crippen LogP contribution in [-0.4, -0.2) is 16.0 Å². The molecule has 0 saturated carbocycles. The van der Waals surface area contributed by atoms with Gasteiger partial charge in [0.1, 0.15) is 11.7 Å². The number of rotatable bonds is 5. The highest BCUT2D eigenvalue weighted by Gasteiger charge is 2.25. The maximum Gasteiger partial charge on any atom is 0.344 e. The van der Waals surface area contributed by atoms with Crippen molar-refractivity contribution in [1.82, 2.24) is 5.16 Å². The first kappa shape index (κ1) is 16.7. The van der Waals surface area contributed by atoms with Gasteiger partial charge in [-0.25, -0.2) is 4.79 Å². The molecule has 0 aliphatic carbocycles. The fourth-order valence-electron chi connectivity index (χ4n) is 2.21. The maximum atomic E-state index is 12.4. The topological polar surface area (TPSA) is 95.5 Å². The van der Waals surface area contributed by atoms with E-state index in [1.165, 1.54) is 12.1 Å². The lowest BCUT2D eigenvalue weighted by molar-refractivity contribution is -0.385. The third-order valence-corrected chi connectivity index (χ3v) is 3.45. The highest BCUT2D eigenvalue weighted by molar-refractivity contribution is 5.91. The fourth-order valence-corrected chi connectivity index (χ4v) is 2.21. The Morgan fingerprint density at radius 1 is 1.35 bits per heavy atom. The summed E-state index contributed by atoms with van der Waals surface area (Å²) < 4.78 is 10.6. The summed E-state index contributed by atoms with van der Waals surface area (Å²) in [5.74, 6) is -0.0860. The van der Waals surface area contributed by atoms with Crippen molar-refractivity contribution in [3.8, 4) is 0 Å². The molecule has 1 atom stereocenters. The number of nitro benzene ring substituents is 1. The van der Waals surface area contributed by atoms with Crippen molar-refractivity contribution in [1.29, 1.82) is 0 Å². The molecule has 0 unspecified atom stereocenters. The second-order valence-electron chi connectivity index (χ2n) is 5.56. The highest BCUT2D eigenvalue weighted by Crippen LogP contribution is 2.27. The van der Waals surface area contributed by atoms with Gasteiger partial charge in [-0.05, 0) is 19.4 Å². The van der Waals surface area contributed by atoms with E-state index in [0.717, 1.165) is 0 Å². The molecule has 0 saturated heterocycles. The van der Waals surface area contributed by atoms with E-state index in [0.29, 0.717) is 22.6 Å². The van der Waals surface area contributed by atoms with Crippen LogP contribution in [0.2, 0.25) is 0 Å². The van der Waals surface area contributed by atoms with E-state index >= 15 is 0 Å². The van der Waals surface area contributed by atoms with Crippen LogP contribution in [0.5, 0.6) is 0 Å². The minimum Gasteiger partial charge on any atom is -0.454 e. The minimum absolute atomic E-state index is 0.00753. The maximum absolute atomic E-state index is 12.4. The zero-order valence-electron chi connectivity index (χ0n) is 13.4. The predicted molar refractivity (Wildman–Crippen MR) is 82.3 cm³/mol. The Kier molecular flexibility index (Phi) is 4.78. The largest absolute Gasteiger partial charge is 0.454 e. The van der Waals surface area contributed by atoms with Crippen LogP contribution in [0, 0.1) is 17.0 Å². The third-order valence-electron chi connectivity index (χ3n) is 3.45. The van der Waals surface area contributed by atoms with Crippen molar-refractivity contribution in [2.45, 2.75) is 39.7 Å². The van der Waals surface area contributed by atoms with Crippen molar-refractivity contribution >= 4 is 11.7 Å². The molecule has 122 valence electrons. The van der Waals surface area contributed by atoms with E-state index in [1.54, 1.807) is 26.0 Å². The summed E-state index contributed by atoms with van der Waals surface area (Å²) in [4.78, 5) is 22.7. The quantitative estimate of drug-likeness (QED) is 0.471. The second-order valence-corrected chi connectivity index (χ2v) is 5.56. The normalized spacial score (nSPS) is 12.2. The van der Waals surface area contributed by atoms with Crippen molar-refractivity contribution in [2.75, 3.05) is 0 Å². The standard InChI is InChI=1S/C16H18N2O5/c1-9(2)15-14(10(3)17-23-15)16(19)22-11(4)12-6-5-7-13(8-12)18(20)21/h5-9,11H,1-4H3/t11-/m0/s1. The number of carbonyl (C=O) groups is 1. The average molecular weight is 318 g/mol. The second kappa shape index (κ2) is 6.60. The van der Waals surface area contributed by atoms with E-state index in [-0.39, 0.29) is 11.6 Å². The summed E-state index contributed by atoms with van der Waals surface area (Å²) in [6.45, 7) is 7.11. The molecule has 0 aliphatic rings. The Hall–Kier alpha value is -2.70. The summed E-state index contributed by atoms with van der Waals surface area (Å²) in [5.41, 5.74) is 1.28. The molecule has 0 radical (unpaired) electrons. The molecular formula is C16H18N2O5. The molecule has 0 bridgehead atoms. The van der Waals surface area contributed by atoms with Gasteiger partial charge in [-0.15, -0.1) is 0 Å². The molecule has 1 heterocycles. The zero-order valence-corrected chi connectivity index (χ0v) is 13.4. The van der Waals surface area contributed by atoms with Crippen LogP contribution in [-0.2, 0) is 4.74 Å². The van der Waals surface area contributed by atoms with Gasteiger partial charge in [-0.2, -0.15) is 0 Å². The summed E-state index contributed by atoms with van der Waals surface area (Å²) in [5, 5.41) is 14.6. The minimum atomic E-state index is -0.628. The number of non-ortho nitro benzene ring substituents is 1. The molecule has 0 amide bonds. The molecule has 2 rings (SSSR count). The number of aryl methyl sites for hydroxylation is 1. The van der Waals surface area contributed by atoms with Crippen LogP contribution in [0.25, 0.3) is 0 Å². The van der Waals surface area contributed by atoms with Crippen LogP contribution in [0.15, 0.2) is 28.8 Å². The van der Waals surface area contributed by atoms with Crippen LogP contribution in [0.3, 0.4) is 0 Å². The first-order chi connectivity index (χ1) is 10.8. The lowest BCUT2D eigenvalue weighted by Crippen LogP contribution is -2.12. The Morgan fingerprint density at radius 2 is 2.04 bits per heavy atom. The molecule has 1 aromatic carbocycles. The van der Waals surface area contributed by atoms with Gasteiger partial charge in [0, 0.05) is 18.1 Å². The molecule has 7 nitrogen and oxygen atoms in total. The van der Waals surface area contributed by atoms with Gasteiger partial charge in [0.25, 0.3) is 5.69 Å². The van der Waals surface area contributed by atoms with E-state index in [9.17, 15) is 14.9 Å². The van der Waals surface area contributed by atoms with Gasteiger partial charge in [0.2, 0.25) is 0 Å². The van der Waals surface area contributed by atoms with Crippen LogP contribution < -0.4 is 0 Å². The van der Waals surface area contributed by atoms with Crippen LogP contribution >= 0.6 is 0 Å². The van der Waals surface area contributed by atoms with E-state index in [1.807, 2.05) is 13.8 Å². The lowest BCUT2D eigenvalue weighted by atomic mass is 10.1. The number of nitro groups is 1. The fraction of sp³-hybridized carbons (Fsp3) is 0.375. The Balaban J connectivity index is 2.22. The van der Waals surface area contributed by atoms with Gasteiger partial charge in [-0.3, -0.25) is 10.1 Å². The molecule has 0 N–H and O–H groups in total. The summed E-state index contributed by atoms with van der Waals surface area (Å²) in [6, 6.07) is 6.01. The Morgan fingerprint density at radius 3 is 2.65 bits per heavy atom. The molecule has 0 aliphatic heterocycles. The first-order valence-electron chi connectivity index (χ1n) is 7.22. The van der Waals surface area contributed by atoms with Gasteiger partial charge in [0.15, 0.2) is 5.76 Å². The van der Waals surface area contributed by atoms with Gasteiger partial charge in [-0.1, -0.05) is 31.1 Å². The molecule has 23 heavy (non-hydrogen) atoms. The monoisotopic (exact) mass is 318 g/mol. The number of ether oxygens (including phenoxy) is 1. The van der Waals surface area contributed by atoms with Crippen molar-refractivity contribution in [3.05, 3.63) is 57.0 Å².